The van der Waals surface area contributed by atoms with Crippen molar-refractivity contribution in [2.75, 3.05) is 7.04 Å². The predicted octanol–water partition coefficient (Wildman–Crippen LogP) is 1.79. The van der Waals surface area contributed by atoms with E-state index in [0.717, 1.165) is 0 Å². The van der Waals surface area contributed by atoms with Gasteiger partial charge < -0.3 is 4.74 Å². The minimum Gasteiger partial charge on any atom is -0.491 e. The van der Waals surface area contributed by atoms with E-state index in [1.165, 1.54) is 0 Å². The quantitative estimate of drug-likeness (QED) is 0.640. The Balaban J connectivity index is 3.14. The second kappa shape index (κ2) is 3.30. The molecular formula is C8H6F2O2. The van der Waals surface area contributed by atoms with Crippen LogP contribution in [0.4, 0.5) is 8.78 Å². The van der Waals surface area contributed by atoms with Gasteiger partial charge in [-0.25, -0.2) is 8.78 Å². The second-order valence-corrected chi connectivity index (χ2v) is 2.03. The normalized spacial score (nSPS) is 14.3. The summed E-state index contributed by atoms with van der Waals surface area (Å²) in [5.41, 5.74) is -0.233. The van der Waals surface area contributed by atoms with Crippen molar-refractivity contribution in [3.63, 3.8) is 0 Å². The molecule has 0 aliphatic heterocycles. The Kier molecular flexibility index (Phi) is 1.44. The molecule has 0 aliphatic rings. The lowest BCUT2D eigenvalue weighted by molar-refractivity contribution is 0.112. The van der Waals surface area contributed by atoms with Crippen LogP contribution in [0.3, 0.4) is 0 Å². The summed E-state index contributed by atoms with van der Waals surface area (Å²) in [7, 11) is -2.94. The fraction of sp³-hybridized carbons (Fsp3) is 0.125. The molecule has 1 aromatic carbocycles. The summed E-state index contributed by atoms with van der Waals surface area (Å²) in [6.45, 7) is 0. The van der Waals surface area contributed by atoms with E-state index in [1.54, 1.807) is 0 Å². The van der Waals surface area contributed by atoms with Gasteiger partial charge in [0.1, 0.15) is 6.29 Å². The number of aldehydes is 1. The van der Waals surface area contributed by atoms with Crippen LogP contribution in [-0.2, 0) is 0 Å². The Bertz CT molecular complexity index is 367. The number of methoxy groups -OCH3 is 1. The van der Waals surface area contributed by atoms with Gasteiger partial charge in [0.05, 0.1) is 11.2 Å². The SMILES string of the molecule is [2H]C([2H])([2H])Oc1c(F)cc(C=O)cc1F. The summed E-state index contributed by atoms with van der Waals surface area (Å²) in [6.07, 6.45) is 0.241. The molecule has 0 radical (unpaired) electrons. The molecule has 1 rings (SSSR count). The van der Waals surface area contributed by atoms with Gasteiger partial charge in [-0.1, -0.05) is 0 Å². The molecule has 0 aromatic heterocycles. The molecule has 0 N–H and O–H groups in total. The van der Waals surface area contributed by atoms with E-state index in [4.69, 9.17) is 4.11 Å². The van der Waals surface area contributed by atoms with Crippen molar-refractivity contribution in [2.24, 2.45) is 0 Å². The number of hydrogen-bond acceptors (Lipinski definition) is 2. The molecule has 0 atom stereocenters. The Hall–Kier alpha value is -1.45. The van der Waals surface area contributed by atoms with E-state index in [9.17, 15) is 13.6 Å². The highest BCUT2D eigenvalue weighted by Crippen LogP contribution is 2.21. The number of halogens is 2. The third kappa shape index (κ3) is 1.42. The molecule has 0 spiro atoms. The van der Waals surface area contributed by atoms with Crippen molar-refractivity contribution in [3.8, 4) is 5.75 Å². The lowest BCUT2D eigenvalue weighted by Gasteiger charge is -2.02. The molecule has 0 saturated carbocycles. The van der Waals surface area contributed by atoms with Crippen LogP contribution >= 0.6 is 0 Å². The molecule has 0 bridgehead atoms. The van der Waals surface area contributed by atoms with Crippen LogP contribution < -0.4 is 4.74 Å². The summed E-state index contributed by atoms with van der Waals surface area (Å²) < 4.78 is 50.2. The number of carbonyl (C=O) groups excluding carboxylic acids is 1. The van der Waals surface area contributed by atoms with Gasteiger partial charge in [-0.05, 0) is 12.1 Å². The summed E-state index contributed by atoms with van der Waals surface area (Å²) in [4.78, 5) is 10.2. The van der Waals surface area contributed by atoms with Gasteiger partial charge in [0.25, 0.3) is 0 Å². The first-order valence-electron chi connectivity index (χ1n) is 4.47. The topological polar surface area (TPSA) is 26.3 Å². The Morgan fingerprint density at radius 3 is 2.50 bits per heavy atom. The van der Waals surface area contributed by atoms with Gasteiger partial charge in [0.2, 0.25) is 0 Å². The average Bonchev–Trinajstić information content (AvgIpc) is 2.09. The summed E-state index contributed by atoms with van der Waals surface area (Å²) in [5.74, 6) is -3.47. The Labute approximate surface area is 72.0 Å². The predicted molar refractivity (Wildman–Crippen MR) is 38.3 cm³/mol. The van der Waals surface area contributed by atoms with Crippen LogP contribution in [0.5, 0.6) is 5.75 Å². The number of rotatable bonds is 2. The summed E-state index contributed by atoms with van der Waals surface area (Å²) >= 11 is 0. The van der Waals surface area contributed by atoms with Crippen LogP contribution in [0.2, 0.25) is 0 Å². The van der Waals surface area contributed by atoms with Crippen molar-refractivity contribution in [3.05, 3.63) is 29.3 Å². The number of benzene rings is 1. The molecule has 2 nitrogen and oxygen atoms in total. The van der Waals surface area contributed by atoms with Crippen molar-refractivity contribution >= 4 is 6.29 Å². The van der Waals surface area contributed by atoms with E-state index in [2.05, 4.69) is 4.74 Å². The molecule has 0 amide bonds. The van der Waals surface area contributed by atoms with E-state index in [0.29, 0.717) is 12.1 Å². The highest BCUT2D eigenvalue weighted by molar-refractivity contribution is 5.75. The highest BCUT2D eigenvalue weighted by atomic mass is 19.1. The lowest BCUT2D eigenvalue weighted by atomic mass is 10.2. The van der Waals surface area contributed by atoms with Crippen molar-refractivity contribution in [2.45, 2.75) is 0 Å². The van der Waals surface area contributed by atoms with Crippen molar-refractivity contribution in [1.82, 2.24) is 0 Å². The third-order valence-electron chi connectivity index (χ3n) is 1.26. The van der Waals surface area contributed by atoms with Gasteiger partial charge in [-0.15, -0.1) is 0 Å². The molecule has 0 fully saturated rings. The van der Waals surface area contributed by atoms with Crippen molar-refractivity contribution in [1.29, 1.82) is 0 Å². The molecule has 0 heterocycles. The third-order valence-corrected chi connectivity index (χ3v) is 1.26. The Morgan fingerprint density at radius 2 is 2.08 bits per heavy atom. The lowest BCUT2D eigenvalue weighted by Crippen LogP contribution is -1.94. The molecule has 0 saturated heterocycles. The zero-order valence-electron chi connectivity index (χ0n) is 8.80. The van der Waals surface area contributed by atoms with Gasteiger partial charge >= 0.3 is 0 Å². The maximum atomic E-state index is 13.1. The summed E-state index contributed by atoms with van der Waals surface area (Å²) in [6, 6.07) is 1.38. The maximum Gasteiger partial charge on any atom is 0.190 e. The molecule has 0 aliphatic carbocycles. The van der Waals surface area contributed by atoms with Crippen LogP contribution in [0.15, 0.2) is 12.1 Å². The van der Waals surface area contributed by atoms with Crippen LogP contribution in [-0.4, -0.2) is 13.3 Å². The molecule has 4 heteroatoms. The fourth-order valence-electron chi connectivity index (χ4n) is 0.745. The van der Waals surface area contributed by atoms with E-state index >= 15 is 0 Å². The zero-order valence-corrected chi connectivity index (χ0v) is 5.80. The second-order valence-electron chi connectivity index (χ2n) is 2.03. The molecular weight excluding hydrogens is 166 g/mol. The Morgan fingerprint density at radius 1 is 1.50 bits per heavy atom. The first kappa shape index (κ1) is 5.24. The van der Waals surface area contributed by atoms with Gasteiger partial charge in [0.15, 0.2) is 17.4 Å². The van der Waals surface area contributed by atoms with Crippen LogP contribution in [0.25, 0.3) is 0 Å². The first-order valence-corrected chi connectivity index (χ1v) is 2.97. The van der Waals surface area contributed by atoms with Crippen LogP contribution in [0, 0.1) is 11.6 Å². The highest BCUT2D eigenvalue weighted by Gasteiger charge is 2.10. The van der Waals surface area contributed by atoms with Gasteiger partial charge in [0, 0.05) is 5.56 Å². The molecule has 64 valence electrons. The molecule has 0 unspecified atom stereocenters. The number of carbonyl (C=O) groups is 1. The monoisotopic (exact) mass is 175 g/mol. The zero-order chi connectivity index (χ0) is 11.6. The maximum absolute atomic E-state index is 13.1. The average molecular weight is 175 g/mol. The number of hydrogen-bond donors (Lipinski definition) is 0. The standard InChI is InChI=1S/C8H6F2O2/c1-12-8-6(9)2-5(4-11)3-7(8)10/h2-4H,1H3/i1D3. The van der Waals surface area contributed by atoms with Crippen LogP contribution in [0.1, 0.15) is 14.5 Å². The van der Waals surface area contributed by atoms with E-state index in [-0.39, 0.29) is 11.8 Å². The molecule has 1 aromatic rings. The van der Waals surface area contributed by atoms with Gasteiger partial charge in [-0.2, -0.15) is 0 Å². The number of ether oxygens (including phenoxy) is 1. The van der Waals surface area contributed by atoms with E-state index < -0.39 is 24.4 Å². The van der Waals surface area contributed by atoms with Crippen molar-refractivity contribution < 1.29 is 22.4 Å². The van der Waals surface area contributed by atoms with Gasteiger partial charge in [-0.3, -0.25) is 4.79 Å². The largest absolute Gasteiger partial charge is 0.491 e. The summed E-state index contributed by atoms with van der Waals surface area (Å²) in [5, 5.41) is 0. The minimum absolute atomic E-state index is 0.233. The first-order chi connectivity index (χ1) is 6.83. The molecule has 12 heavy (non-hydrogen) atoms. The smallest absolute Gasteiger partial charge is 0.190 e. The fourth-order valence-corrected chi connectivity index (χ4v) is 0.745. The minimum atomic E-state index is -2.94. The van der Waals surface area contributed by atoms with E-state index in [1.807, 2.05) is 0 Å².